The van der Waals surface area contributed by atoms with Gasteiger partial charge in [0, 0.05) is 5.69 Å². The van der Waals surface area contributed by atoms with Crippen molar-refractivity contribution >= 4 is 16.9 Å². The standard InChI is InChI=1S/C23H25NO7/c1-4-6-11-30-20-16(22(27)29-5-2)12-14(3)24(21(20)26)13-17-19(25)15-9-7-8-10-18(15)31-23(17)28/h7-10,12,25H,4-6,11,13H2,1-3H3. The Hall–Kier alpha value is -3.55. The molecule has 1 N–H and O–H groups in total. The van der Waals surface area contributed by atoms with Gasteiger partial charge in [0.2, 0.25) is 0 Å². The maximum absolute atomic E-state index is 13.2. The van der Waals surface area contributed by atoms with Gasteiger partial charge in [0.05, 0.1) is 30.7 Å². The first-order valence-electron chi connectivity index (χ1n) is 10.2. The van der Waals surface area contributed by atoms with Gasteiger partial charge in [-0.25, -0.2) is 9.59 Å². The van der Waals surface area contributed by atoms with Crippen LogP contribution in [0.2, 0.25) is 0 Å². The molecule has 0 atom stereocenters. The van der Waals surface area contributed by atoms with Crippen LogP contribution in [-0.4, -0.2) is 28.9 Å². The molecule has 2 heterocycles. The number of unbranched alkanes of at least 4 members (excludes halogenated alkanes) is 1. The maximum atomic E-state index is 13.2. The summed E-state index contributed by atoms with van der Waals surface area (Å²) in [6.07, 6.45) is 1.55. The van der Waals surface area contributed by atoms with Crippen LogP contribution in [0.25, 0.3) is 11.0 Å². The fourth-order valence-electron chi connectivity index (χ4n) is 3.23. The topological polar surface area (TPSA) is 108 Å². The number of benzene rings is 1. The van der Waals surface area contributed by atoms with Crippen LogP contribution < -0.4 is 15.9 Å². The Morgan fingerprint density at radius 3 is 2.65 bits per heavy atom. The fraction of sp³-hybridized carbons (Fsp3) is 0.348. The van der Waals surface area contributed by atoms with Gasteiger partial charge >= 0.3 is 11.6 Å². The monoisotopic (exact) mass is 427 g/mol. The maximum Gasteiger partial charge on any atom is 0.345 e. The second-order valence-corrected chi connectivity index (χ2v) is 7.06. The molecule has 0 aliphatic rings. The molecule has 0 aliphatic heterocycles. The van der Waals surface area contributed by atoms with Gasteiger partial charge in [-0.3, -0.25) is 4.79 Å². The van der Waals surface area contributed by atoms with Crippen molar-refractivity contribution in [2.24, 2.45) is 0 Å². The highest BCUT2D eigenvalue weighted by atomic mass is 16.5. The molecule has 0 amide bonds. The highest BCUT2D eigenvalue weighted by Crippen LogP contribution is 2.27. The molecule has 164 valence electrons. The third-order valence-corrected chi connectivity index (χ3v) is 4.90. The van der Waals surface area contributed by atoms with Crippen molar-refractivity contribution in [3.63, 3.8) is 0 Å². The largest absolute Gasteiger partial charge is 0.507 e. The van der Waals surface area contributed by atoms with Gasteiger partial charge < -0.3 is 23.6 Å². The zero-order valence-corrected chi connectivity index (χ0v) is 17.8. The highest BCUT2D eigenvalue weighted by Gasteiger charge is 2.23. The SMILES string of the molecule is CCCCOc1c(C(=O)OCC)cc(C)n(Cc2c(O)c3ccccc3oc2=O)c1=O. The summed E-state index contributed by atoms with van der Waals surface area (Å²) < 4.78 is 17.3. The lowest BCUT2D eigenvalue weighted by Gasteiger charge is -2.16. The number of hydrogen-bond donors (Lipinski definition) is 1. The number of aryl methyl sites for hydroxylation is 1. The highest BCUT2D eigenvalue weighted by molar-refractivity contribution is 5.92. The number of para-hydroxylation sites is 1. The number of rotatable bonds is 8. The van der Waals surface area contributed by atoms with Gasteiger partial charge in [-0.05, 0) is 38.5 Å². The zero-order valence-electron chi connectivity index (χ0n) is 17.8. The predicted octanol–water partition coefficient (Wildman–Crippen LogP) is 3.37. The number of carbonyl (C=O) groups excluding carboxylic acids is 1. The molecule has 2 aromatic heterocycles. The van der Waals surface area contributed by atoms with Crippen LogP contribution in [0.1, 0.15) is 48.3 Å². The number of ether oxygens (including phenoxy) is 2. The van der Waals surface area contributed by atoms with E-state index in [9.17, 15) is 19.5 Å². The Labute approximate surface area is 178 Å². The Morgan fingerprint density at radius 1 is 1.19 bits per heavy atom. The average Bonchev–Trinajstić information content (AvgIpc) is 2.74. The number of hydrogen-bond acceptors (Lipinski definition) is 7. The Kier molecular flexibility index (Phi) is 6.79. The molecule has 0 aliphatic carbocycles. The molecule has 0 spiro atoms. The van der Waals surface area contributed by atoms with E-state index in [-0.39, 0.29) is 48.0 Å². The number of esters is 1. The van der Waals surface area contributed by atoms with Crippen LogP contribution in [0.15, 0.2) is 44.3 Å². The second-order valence-electron chi connectivity index (χ2n) is 7.06. The minimum atomic E-state index is -0.745. The third kappa shape index (κ3) is 4.47. The first-order valence-corrected chi connectivity index (χ1v) is 10.2. The fourth-order valence-corrected chi connectivity index (χ4v) is 3.23. The quantitative estimate of drug-likeness (QED) is 0.334. The molecule has 0 radical (unpaired) electrons. The van der Waals surface area contributed by atoms with E-state index >= 15 is 0 Å². The Balaban J connectivity index is 2.13. The first kappa shape index (κ1) is 22.1. The van der Waals surface area contributed by atoms with E-state index in [1.165, 1.54) is 10.6 Å². The van der Waals surface area contributed by atoms with E-state index in [4.69, 9.17) is 13.9 Å². The number of carbonyl (C=O) groups is 1. The van der Waals surface area contributed by atoms with Crippen LogP contribution in [0.4, 0.5) is 0 Å². The molecular weight excluding hydrogens is 402 g/mol. The summed E-state index contributed by atoms with van der Waals surface area (Å²) in [6.45, 7) is 5.44. The van der Waals surface area contributed by atoms with E-state index in [1.54, 1.807) is 38.1 Å². The minimum absolute atomic E-state index is 0.0338. The lowest BCUT2D eigenvalue weighted by Crippen LogP contribution is -2.29. The van der Waals surface area contributed by atoms with Crippen LogP contribution in [0, 0.1) is 6.92 Å². The van der Waals surface area contributed by atoms with E-state index in [0.717, 1.165) is 6.42 Å². The van der Waals surface area contributed by atoms with Crippen LogP contribution in [0.5, 0.6) is 11.5 Å². The summed E-state index contributed by atoms with van der Waals surface area (Å²) in [5.74, 6) is -1.04. The molecule has 0 unspecified atom stereocenters. The molecule has 3 rings (SSSR count). The third-order valence-electron chi connectivity index (χ3n) is 4.90. The van der Waals surface area contributed by atoms with Gasteiger partial charge in [-0.1, -0.05) is 25.5 Å². The van der Waals surface area contributed by atoms with Gasteiger partial charge in [0.25, 0.3) is 5.56 Å². The number of aromatic hydroxyl groups is 1. The number of fused-ring (bicyclic) bond motifs is 1. The lowest BCUT2D eigenvalue weighted by atomic mass is 10.1. The van der Waals surface area contributed by atoms with E-state index in [0.29, 0.717) is 17.5 Å². The van der Waals surface area contributed by atoms with Gasteiger partial charge in [0.1, 0.15) is 16.9 Å². The van der Waals surface area contributed by atoms with E-state index in [1.807, 2.05) is 6.92 Å². The van der Waals surface area contributed by atoms with Gasteiger partial charge in [-0.2, -0.15) is 0 Å². The van der Waals surface area contributed by atoms with Gasteiger partial charge in [0.15, 0.2) is 5.75 Å². The summed E-state index contributed by atoms with van der Waals surface area (Å²) in [4.78, 5) is 38.1. The van der Waals surface area contributed by atoms with Gasteiger partial charge in [-0.15, -0.1) is 0 Å². The number of pyridine rings is 1. The van der Waals surface area contributed by atoms with E-state index < -0.39 is 17.2 Å². The van der Waals surface area contributed by atoms with Crippen LogP contribution in [0.3, 0.4) is 0 Å². The number of nitrogens with zero attached hydrogens (tertiary/aromatic N) is 1. The second kappa shape index (κ2) is 9.51. The molecule has 1 aromatic carbocycles. The van der Waals surface area contributed by atoms with Crippen LogP contribution in [-0.2, 0) is 11.3 Å². The summed E-state index contributed by atoms with van der Waals surface area (Å²) in [7, 11) is 0. The molecule has 0 bridgehead atoms. The normalized spacial score (nSPS) is 10.9. The molecule has 0 fully saturated rings. The summed E-state index contributed by atoms with van der Waals surface area (Å²) in [5, 5.41) is 11.0. The van der Waals surface area contributed by atoms with Crippen molar-refractivity contribution in [2.75, 3.05) is 13.2 Å². The molecule has 8 nitrogen and oxygen atoms in total. The molecular formula is C23H25NO7. The van der Waals surface area contributed by atoms with E-state index in [2.05, 4.69) is 0 Å². The molecule has 0 saturated carbocycles. The average molecular weight is 427 g/mol. The van der Waals surface area contributed by atoms with Crippen molar-refractivity contribution in [1.82, 2.24) is 4.57 Å². The molecule has 31 heavy (non-hydrogen) atoms. The first-order chi connectivity index (χ1) is 14.9. The summed E-state index contributed by atoms with van der Waals surface area (Å²) in [5.41, 5.74) is -0.711. The summed E-state index contributed by atoms with van der Waals surface area (Å²) in [6, 6.07) is 8.08. The Bertz CT molecular complexity index is 1220. The molecule has 0 saturated heterocycles. The zero-order chi connectivity index (χ0) is 22.5. The smallest absolute Gasteiger partial charge is 0.345 e. The molecule has 8 heteroatoms. The lowest BCUT2D eigenvalue weighted by molar-refractivity contribution is 0.0520. The van der Waals surface area contributed by atoms with Crippen molar-refractivity contribution < 1.29 is 23.8 Å². The van der Waals surface area contributed by atoms with Crippen molar-refractivity contribution in [3.05, 3.63) is 67.9 Å². The minimum Gasteiger partial charge on any atom is -0.507 e. The predicted molar refractivity (Wildman–Crippen MR) is 115 cm³/mol. The Morgan fingerprint density at radius 2 is 1.94 bits per heavy atom. The van der Waals surface area contributed by atoms with Crippen molar-refractivity contribution in [3.8, 4) is 11.5 Å². The van der Waals surface area contributed by atoms with Crippen molar-refractivity contribution in [2.45, 2.75) is 40.2 Å². The van der Waals surface area contributed by atoms with Crippen molar-refractivity contribution in [1.29, 1.82) is 0 Å². The number of aromatic nitrogens is 1. The molecule has 3 aromatic rings. The van der Waals surface area contributed by atoms with Crippen LogP contribution >= 0.6 is 0 Å². The summed E-state index contributed by atoms with van der Waals surface area (Å²) >= 11 is 0.